The number of nitrogens with one attached hydrogen (secondary N) is 4. The molecule has 0 aromatic heterocycles. The zero-order valence-corrected chi connectivity index (χ0v) is 34.5. The van der Waals surface area contributed by atoms with E-state index in [-0.39, 0.29) is 44.7 Å². The molecule has 0 aliphatic heterocycles. The molecule has 0 aliphatic carbocycles. The molecular formula is C41H60F2N4O9. The molecule has 312 valence electrons. The van der Waals surface area contributed by atoms with E-state index in [1.54, 1.807) is 76.2 Å². The number of carbonyl (C=O) groups is 5. The Morgan fingerprint density at radius 2 is 1.30 bits per heavy atom. The lowest BCUT2D eigenvalue weighted by Gasteiger charge is -2.32. The van der Waals surface area contributed by atoms with E-state index in [1.165, 1.54) is 0 Å². The third-order valence-corrected chi connectivity index (χ3v) is 7.71. The average molecular weight is 791 g/mol. The molecule has 0 heterocycles. The molecule has 4 amide bonds. The van der Waals surface area contributed by atoms with Crippen LogP contribution in [0.1, 0.15) is 93.7 Å². The number of carbonyl (C=O) groups excluding carboxylic acids is 5. The highest BCUT2D eigenvalue weighted by atomic mass is 19.1. The number of halogens is 2. The van der Waals surface area contributed by atoms with Crippen LogP contribution in [0.5, 0.6) is 0 Å². The summed E-state index contributed by atoms with van der Waals surface area (Å²) >= 11 is 0. The van der Waals surface area contributed by atoms with Crippen molar-refractivity contribution in [3.05, 3.63) is 71.3 Å². The summed E-state index contributed by atoms with van der Waals surface area (Å²) in [5, 5.41) is 10.8. The molecule has 2 rings (SSSR count). The molecule has 0 spiro atoms. The smallest absolute Gasteiger partial charge is 0.408 e. The van der Waals surface area contributed by atoms with Gasteiger partial charge in [-0.2, -0.15) is 0 Å². The van der Waals surface area contributed by atoms with Gasteiger partial charge in [0.15, 0.2) is 0 Å². The fourth-order valence-electron chi connectivity index (χ4n) is 4.89. The van der Waals surface area contributed by atoms with Gasteiger partial charge >= 0.3 is 18.2 Å². The van der Waals surface area contributed by atoms with E-state index in [1.807, 2.05) is 30.3 Å². The topological polar surface area (TPSA) is 170 Å². The number of hydrogen-bond acceptors (Lipinski definition) is 9. The van der Waals surface area contributed by atoms with E-state index in [0.29, 0.717) is 0 Å². The number of ether oxygens (including phenoxy) is 4. The summed E-state index contributed by atoms with van der Waals surface area (Å²) in [4.78, 5) is 65.7. The van der Waals surface area contributed by atoms with Crippen molar-refractivity contribution in [1.29, 1.82) is 0 Å². The minimum atomic E-state index is -1.54. The lowest BCUT2D eigenvalue weighted by Crippen LogP contribution is -2.57. The minimum absolute atomic E-state index is 0.0200. The van der Waals surface area contributed by atoms with E-state index in [0.717, 1.165) is 23.8 Å². The van der Waals surface area contributed by atoms with Crippen LogP contribution in [0, 0.1) is 22.5 Å². The molecule has 0 saturated carbocycles. The van der Waals surface area contributed by atoms with Crippen LogP contribution < -0.4 is 21.3 Å². The number of esters is 1. The molecule has 3 unspecified atom stereocenters. The maximum Gasteiger partial charge on any atom is 0.408 e. The molecule has 4 N–H and O–H groups in total. The van der Waals surface area contributed by atoms with Crippen LogP contribution >= 0.6 is 0 Å². The van der Waals surface area contributed by atoms with Crippen molar-refractivity contribution < 1.29 is 51.7 Å². The molecular weight excluding hydrogens is 730 g/mol. The molecule has 0 aliphatic rings. The minimum Gasteiger partial charge on any atom is -0.450 e. The Labute approximate surface area is 329 Å². The van der Waals surface area contributed by atoms with E-state index in [9.17, 15) is 32.8 Å². The van der Waals surface area contributed by atoms with Gasteiger partial charge in [0, 0.05) is 25.6 Å². The number of hydrogen-bond donors (Lipinski definition) is 4. The maximum atomic E-state index is 14.5. The van der Waals surface area contributed by atoms with Gasteiger partial charge in [-0.3, -0.25) is 14.4 Å². The van der Waals surface area contributed by atoms with E-state index < -0.39 is 81.8 Å². The highest BCUT2D eigenvalue weighted by Gasteiger charge is 2.38. The van der Waals surface area contributed by atoms with Crippen molar-refractivity contribution in [3.63, 3.8) is 0 Å². The number of rotatable bonds is 17. The summed E-state index contributed by atoms with van der Waals surface area (Å²) in [6.45, 7) is 18.4. The Bertz CT molecular complexity index is 1630. The first-order chi connectivity index (χ1) is 25.7. The Kier molecular flexibility index (Phi) is 17.3. The van der Waals surface area contributed by atoms with E-state index in [2.05, 4.69) is 21.3 Å². The van der Waals surface area contributed by atoms with Gasteiger partial charge in [0.25, 0.3) is 5.91 Å². The fourth-order valence-corrected chi connectivity index (χ4v) is 4.89. The zero-order valence-electron chi connectivity index (χ0n) is 34.5. The van der Waals surface area contributed by atoms with Gasteiger partial charge in [-0.15, -0.1) is 0 Å². The normalized spacial score (nSPS) is 13.7. The number of amides is 4. The maximum absolute atomic E-state index is 14.5. The Morgan fingerprint density at radius 1 is 0.732 bits per heavy atom. The first-order valence-electron chi connectivity index (χ1n) is 18.5. The largest absolute Gasteiger partial charge is 0.450 e. The predicted molar refractivity (Wildman–Crippen MR) is 206 cm³/mol. The van der Waals surface area contributed by atoms with Crippen molar-refractivity contribution in [2.75, 3.05) is 19.7 Å². The number of benzene rings is 2. The summed E-state index contributed by atoms with van der Waals surface area (Å²) in [6.07, 6.45) is -3.72. The van der Waals surface area contributed by atoms with Crippen molar-refractivity contribution in [1.82, 2.24) is 21.3 Å². The predicted octanol–water partition coefficient (Wildman–Crippen LogP) is 6.12. The molecule has 0 bridgehead atoms. The summed E-state index contributed by atoms with van der Waals surface area (Å²) in [7, 11) is 0. The van der Waals surface area contributed by atoms with Crippen LogP contribution in [-0.4, -0.2) is 79.1 Å². The van der Waals surface area contributed by atoms with Gasteiger partial charge < -0.3 is 40.2 Å². The van der Waals surface area contributed by atoms with E-state index in [4.69, 9.17) is 18.9 Å². The standard InChI is InChI=1S/C41H60F2N4O9/c1-38(2,3)35(50)54-33(31(47-37(52)56-40(7,8)9)23-53-22-26-15-13-12-14-16-26)34(49)45-25-41(10,11)24-44-32(48)21-29(46-36(51)55-39(4,5)6)20-27-19-28(42)17-18-30(27)43/h12-19,29,31,33H,20-25H2,1-11H3,(H,44,48)(H,45,49)(H,46,51)(H,47,52). The Balaban J connectivity index is 2.21. The first kappa shape index (κ1) is 47.4. The van der Waals surface area contributed by atoms with E-state index >= 15 is 0 Å². The number of alkyl carbamates (subject to hydrolysis) is 2. The van der Waals surface area contributed by atoms with Crippen LogP contribution in [0.15, 0.2) is 48.5 Å². The average Bonchev–Trinajstić information content (AvgIpc) is 3.04. The Hall–Kier alpha value is -4.79. The van der Waals surface area contributed by atoms with Crippen LogP contribution in [0.2, 0.25) is 0 Å². The molecule has 0 radical (unpaired) electrons. The molecule has 56 heavy (non-hydrogen) atoms. The van der Waals surface area contributed by atoms with Crippen LogP contribution in [0.3, 0.4) is 0 Å². The third kappa shape index (κ3) is 18.7. The highest BCUT2D eigenvalue weighted by molar-refractivity contribution is 5.86. The molecule has 0 fully saturated rings. The van der Waals surface area contributed by atoms with Crippen LogP contribution in [-0.2, 0) is 46.4 Å². The Morgan fingerprint density at radius 3 is 1.88 bits per heavy atom. The SMILES string of the molecule is CC(C)(CNC(=O)CC(Cc1cc(F)ccc1F)NC(=O)OC(C)(C)C)CNC(=O)C(OC(=O)C(C)(C)C)C(COCc1ccccc1)NC(=O)OC(C)(C)C. The van der Waals surface area contributed by atoms with Crippen molar-refractivity contribution in [2.24, 2.45) is 10.8 Å². The molecule has 0 saturated heterocycles. The van der Waals surface area contributed by atoms with Gasteiger partial charge in [0.1, 0.15) is 28.9 Å². The van der Waals surface area contributed by atoms with Crippen LogP contribution in [0.25, 0.3) is 0 Å². The second-order valence-corrected chi connectivity index (χ2v) is 17.5. The van der Waals surface area contributed by atoms with Crippen molar-refractivity contribution >= 4 is 30.0 Å². The summed E-state index contributed by atoms with van der Waals surface area (Å²) < 4.78 is 50.8. The summed E-state index contributed by atoms with van der Waals surface area (Å²) in [6, 6.07) is 10.0. The van der Waals surface area contributed by atoms with Gasteiger partial charge in [-0.25, -0.2) is 18.4 Å². The molecule has 2 aromatic carbocycles. The second-order valence-electron chi connectivity index (χ2n) is 17.5. The highest BCUT2D eigenvalue weighted by Crippen LogP contribution is 2.20. The molecule has 3 atom stereocenters. The summed E-state index contributed by atoms with van der Waals surface area (Å²) in [5.74, 6) is -3.32. The molecule has 2 aromatic rings. The van der Waals surface area contributed by atoms with Gasteiger partial charge in [-0.05, 0) is 103 Å². The van der Waals surface area contributed by atoms with Crippen LogP contribution in [0.4, 0.5) is 18.4 Å². The van der Waals surface area contributed by atoms with Gasteiger partial charge in [0.2, 0.25) is 12.0 Å². The third-order valence-electron chi connectivity index (χ3n) is 7.71. The summed E-state index contributed by atoms with van der Waals surface area (Å²) in [5.41, 5.74) is -2.69. The quantitative estimate of drug-likeness (QED) is 0.109. The van der Waals surface area contributed by atoms with Crippen molar-refractivity contribution in [3.8, 4) is 0 Å². The lowest BCUT2D eigenvalue weighted by atomic mass is 9.92. The van der Waals surface area contributed by atoms with Crippen molar-refractivity contribution in [2.45, 2.75) is 125 Å². The molecule has 15 heteroatoms. The molecule has 13 nitrogen and oxygen atoms in total. The second kappa shape index (κ2) is 20.4. The van der Waals surface area contributed by atoms with Gasteiger partial charge in [0.05, 0.1) is 18.6 Å². The first-order valence-corrected chi connectivity index (χ1v) is 18.5. The zero-order chi connectivity index (χ0) is 42.5. The van der Waals surface area contributed by atoms with Gasteiger partial charge in [-0.1, -0.05) is 44.2 Å². The monoisotopic (exact) mass is 790 g/mol. The lowest BCUT2D eigenvalue weighted by molar-refractivity contribution is -0.166. The fraction of sp³-hybridized carbons (Fsp3) is 0.585.